The zero-order valence-corrected chi connectivity index (χ0v) is 26.8. The summed E-state index contributed by atoms with van der Waals surface area (Å²) in [7, 11) is 0. The lowest BCUT2D eigenvalue weighted by Crippen LogP contribution is -2.34. The molecule has 0 saturated carbocycles. The molecule has 2 aliphatic heterocycles. The van der Waals surface area contributed by atoms with Gasteiger partial charge in [-0.1, -0.05) is 19.1 Å². The van der Waals surface area contributed by atoms with Crippen LogP contribution >= 0.6 is 0 Å². The first-order valence-electron chi connectivity index (χ1n) is 15.7. The number of imidazole rings is 1. The van der Waals surface area contributed by atoms with E-state index in [9.17, 15) is 22.8 Å². The summed E-state index contributed by atoms with van der Waals surface area (Å²) in [6.07, 6.45) is 1.29. The van der Waals surface area contributed by atoms with Gasteiger partial charge in [0.05, 0.1) is 35.7 Å². The number of piperidine rings is 1. The number of aromatic nitrogens is 4. The molecule has 4 aromatic rings. The fraction of sp³-hybridized carbons (Fsp3) is 0.500. The lowest BCUT2D eigenvalue weighted by Gasteiger charge is -2.33. The monoisotopic (exact) mass is 639 g/mol. The molecule has 1 unspecified atom stereocenters. The van der Waals surface area contributed by atoms with Crippen molar-refractivity contribution in [3.8, 4) is 5.69 Å². The van der Waals surface area contributed by atoms with Gasteiger partial charge in [-0.3, -0.25) is 13.9 Å². The summed E-state index contributed by atoms with van der Waals surface area (Å²) in [5, 5.41) is 4.61. The highest BCUT2D eigenvalue weighted by molar-refractivity contribution is 5.70. The Morgan fingerprint density at radius 3 is 2.54 bits per heavy atom. The van der Waals surface area contributed by atoms with Gasteiger partial charge in [0.2, 0.25) is 0 Å². The molecule has 1 aromatic carbocycles. The summed E-state index contributed by atoms with van der Waals surface area (Å²) in [4.78, 5) is 28.7. The first kappa shape index (κ1) is 32.1. The maximum atomic E-state index is 14.4. The predicted molar refractivity (Wildman–Crippen MR) is 166 cm³/mol. The first-order valence-corrected chi connectivity index (χ1v) is 15.7. The fourth-order valence-corrected chi connectivity index (χ4v) is 6.58. The molecule has 0 N–H and O–H groups in total. The smallest absolute Gasteiger partial charge is 0.435 e. The largest absolute Gasteiger partial charge is 0.442 e. The molecule has 46 heavy (non-hydrogen) atoms. The van der Waals surface area contributed by atoms with Crippen molar-refractivity contribution in [1.82, 2.24) is 23.6 Å². The molecule has 3 aromatic heterocycles. The Bertz CT molecular complexity index is 1810. The Balaban J connectivity index is 1.39. The number of pyridine rings is 1. The molecule has 2 atom stereocenters. The molecule has 246 valence electrons. The molecule has 0 spiro atoms. The third kappa shape index (κ3) is 6.50. The molecular weight excluding hydrogens is 599 g/mol. The average Bonchev–Trinajstić information content (AvgIpc) is 3.48. The van der Waals surface area contributed by atoms with Crippen molar-refractivity contribution >= 4 is 11.6 Å². The highest BCUT2D eigenvalue weighted by Crippen LogP contribution is 2.38. The van der Waals surface area contributed by atoms with Gasteiger partial charge in [-0.05, 0) is 87.9 Å². The van der Waals surface area contributed by atoms with Crippen LogP contribution in [0.2, 0.25) is 0 Å². The molecule has 6 rings (SSSR count). The number of halogens is 3. The Morgan fingerprint density at radius 1 is 1.13 bits per heavy atom. The second-order valence-corrected chi connectivity index (χ2v) is 13.8. The van der Waals surface area contributed by atoms with Crippen LogP contribution in [0.15, 0.2) is 53.7 Å². The number of fused-ring (bicyclic) bond motifs is 1. The van der Waals surface area contributed by atoms with Crippen LogP contribution in [0.3, 0.4) is 0 Å². The normalized spacial score (nSPS) is 18.9. The van der Waals surface area contributed by atoms with Crippen LogP contribution in [0.4, 0.5) is 18.0 Å². The molecule has 2 fully saturated rings. The summed E-state index contributed by atoms with van der Waals surface area (Å²) in [5.41, 5.74) is 0.821. The number of carbonyl (C=O) groups excluding carboxylic acids is 1. The minimum Gasteiger partial charge on any atom is -0.442 e. The maximum Gasteiger partial charge on any atom is 0.435 e. The van der Waals surface area contributed by atoms with E-state index in [0.717, 1.165) is 41.5 Å². The molecule has 12 heteroatoms. The second-order valence-electron chi connectivity index (χ2n) is 13.8. The number of benzene rings is 1. The predicted octanol–water partition coefficient (Wildman–Crippen LogP) is 6.41. The van der Waals surface area contributed by atoms with Crippen LogP contribution in [0.25, 0.3) is 11.2 Å². The Hall–Kier alpha value is -3.90. The fourth-order valence-electron chi connectivity index (χ4n) is 6.58. The van der Waals surface area contributed by atoms with Crippen molar-refractivity contribution in [2.24, 2.45) is 11.8 Å². The number of nitrogens with zero attached hydrogens (tertiary/aromatic N) is 5. The van der Waals surface area contributed by atoms with Gasteiger partial charge in [0.15, 0.2) is 0 Å². The van der Waals surface area contributed by atoms with Crippen molar-refractivity contribution in [3.05, 3.63) is 87.4 Å². The van der Waals surface area contributed by atoms with Gasteiger partial charge in [-0.2, -0.15) is 23.0 Å². The van der Waals surface area contributed by atoms with Crippen LogP contribution in [0.1, 0.15) is 74.4 Å². The second kappa shape index (κ2) is 12.0. The average molecular weight is 640 g/mol. The summed E-state index contributed by atoms with van der Waals surface area (Å²) in [6, 6.07) is 8.36. The van der Waals surface area contributed by atoms with Crippen molar-refractivity contribution in [2.75, 3.05) is 26.3 Å². The molecule has 5 heterocycles. The third-order valence-corrected chi connectivity index (χ3v) is 8.73. The summed E-state index contributed by atoms with van der Waals surface area (Å²) < 4.78 is 57.7. The minimum absolute atomic E-state index is 0.0534. The van der Waals surface area contributed by atoms with Gasteiger partial charge in [0.1, 0.15) is 5.60 Å². The van der Waals surface area contributed by atoms with Crippen LogP contribution in [0.5, 0.6) is 0 Å². The summed E-state index contributed by atoms with van der Waals surface area (Å²) >= 11 is 0. The van der Waals surface area contributed by atoms with Crippen molar-refractivity contribution < 1.29 is 27.4 Å². The highest BCUT2D eigenvalue weighted by atomic mass is 19.4. The Morgan fingerprint density at radius 2 is 1.89 bits per heavy atom. The molecule has 9 nitrogen and oxygen atoms in total. The molecular formula is C34H40F3N5O4. The number of carbonyl (C=O) groups is 1. The zero-order valence-electron chi connectivity index (χ0n) is 26.8. The molecule has 0 radical (unpaired) electrons. The maximum absolute atomic E-state index is 14.4. The quantitative estimate of drug-likeness (QED) is 0.243. The van der Waals surface area contributed by atoms with Crippen molar-refractivity contribution in [1.29, 1.82) is 0 Å². The van der Waals surface area contributed by atoms with E-state index in [1.165, 1.54) is 27.7 Å². The van der Waals surface area contributed by atoms with Crippen molar-refractivity contribution in [2.45, 2.75) is 71.7 Å². The van der Waals surface area contributed by atoms with E-state index in [4.69, 9.17) is 9.47 Å². The summed E-state index contributed by atoms with van der Waals surface area (Å²) in [5.74, 6) is 0.243. The molecule has 0 bridgehead atoms. The summed E-state index contributed by atoms with van der Waals surface area (Å²) in [6.45, 7) is 12.3. The first-order chi connectivity index (χ1) is 21.7. The van der Waals surface area contributed by atoms with Gasteiger partial charge in [-0.15, -0.1) is 0 Å². The zero-order chi connectivity index (χ0) is 33.0. The SMILES string of the molecule is Cc1cn(C(=O)OC(C)(C)C)nc1C(c1cccc(-n2cc3c(C(F)(F)F)cc(CN4CCC[C@H](C)C4)cn3c2=O)c1)C1COC1. The van der Waals surface area contributed by atoms with Gasteiger partial charge >= 0.3 is 18.0 Å². The lowest BCUT2D eigenvalue weighted by molar-refractivity contribution is -0.136. The van der Waals surface area contributed by atoms with E-state index in [1.807, 2.05) is 13.0 Å². The Kier molecular flexibility index (Phi) is 8.39. The van der Waals surface area contributed by atoms with Crippen molar-refractivity contribution in [3.63, 3.8) is 0 Å². The Labute approximate surface area is 265 Å². The standard InChI is InChI=1S/C34H40F3N5O4/c1-21-8-7-11-39(14-21)16-23-12-27(34(35,36)37)28-18-40(31(43)41(28)17-23)26-10-6-9-24(13-26)29(25-19-45-20-25)30-22(2)15-42(38-30)32(44)46-33(3,4)5/h6,9-10,12-13,15,17-18,21,25,29H,7-8,11,14,16,19-20H2,1-5H3/t21-,29?/m0/s1. The number of rotatable bonds is 6. The van der Waals surface area contributed by atoms with Crippen LogP contribution in [0, 0.1) is 18.8 Å². The van der Waals surface area contributed by atoms with E-state index >= 15 is 0 Å². The minimum atomic E-state index is -4.64. The van der Waals surface area contributed by atoms with E-state index in [2.05, 4.69) is 16.9 Å². The number of ether oxygens (including phenoxy) is 2. The number of hydrogen-bond donors (Lipinski definition) is 0. The van der Waals surface area contributed by atoms with Gasteiger partial charge in [-0.25, -0.2) is 9.59 Å². The third-order valence-electron chi connectivity index (χ3n) is 8.73. The van der Waals surface area contributed by atoms with Crippen LogP contribution < -0.4 is 5.69 Å². The topological polar surface area (TPSA) is 83.0 Å². The molecule has 2 aliphatic rings. The van der Waals surface area contributed by atoms with Crippen LogP contribution in [-0.4, -0.2) is 61.6 Å². The van der Waals surface area contributed by atoms with Gasteiger partial charge in [0.25, 0.3) is 0 Å². The van der Waals surface area contributed by atoms with Crippen LogP contribution in [-0.2, 0) is 22.2 Å². The lowest BCUT2D eigenvalue weighted by atomic mass is 9.81. The van der Waals surface area contributed by atoms with E-state index < -0.39 is 29.1 Å². The number of likely N-dealkylation sites (tertiary alicyclic amines) is 1. The molecule has 2 saturated heterocycles. The van der Waals surface area contributed by atoms with Gasteiger partial charge in [0, 0.05) is 43.5 Å². The van der Waals surface area contributed by atoms with E-state index in [1.54, 1.807) is 45.2 Å². The number of hydrogen-bond acceptors (Lipinski definition) is 6. The van der Waals surface area contributed by atoms with E-state index in [-0.39, 0.29) is 17.4 Å². The molecule has 0 aliphatic carbocycles. The van der Waals surface area contributed by atoms with E-state index in [0.29, 0.717) is 42.6 Å². The highest BCUT2D eigenvalue weighted by Gasteiger charge is 2.36. The number of aryl methyl sites for hydroxylation is 1. The molecule has 0 amide bonds. The van der Waals surface area contributed by atoms with Gasteiger partial charge < -0.3 is 9.47 Å². The number of alkyl halides is 3.